The van der Waals surface area contributed by atoms with Gasteiger partial charge in [-0.05, 0) is 29.8 Å². The molecule has 0 saturated carbocycles. The second kappa shape index (κ2) is 9.43. The molecule has 2 atom stereocenters. The molecule has 3 heterocycles. The molecule has 1 aliphatic rings. The van der Waals surface area contributed by atoms with Crippen LogP contribution in [0.1, 0.15) is 28.6 Å². The molecule has 0 aromatic carbocycles. The molecule has 9 nitrogen and oxygen atoms in total. The highest BCUT2D eigenvalue weighted by molar-refractivity contribution is 6.29. The monoisotopic (exact) mass is 426 g/mol. The number of nitrogens with one attached hydrogen (secondary N) is 1. The number of nitriles is 1. The molecule has 1 fully saturated rings. The number of amides is 2. The summed E-state index contributed by atoms with van der Waals surface area (Å²) in [7, 11) is 1.51. The maximum atomic E-state index is 12.2. The Morgan fingerprint density at radius 3 is 2.87 bits per heavy atom. The highest BCUT2D eigenvalue weighted by Gasteiger charge is 2.31. The molecule has 30 heavy (non-hydrogen) atoms. The number of nitrogens with zero attached hydrogens (tertiary/aromatic N) is 5. The number of pyridine rings is 1. The number of hydrogen-bond acceptors (Lipinski definition) is 7. The summed E-state index contributed by atoms with van der Waals surface area (Å²) in [5.41, 5.74) is 1.71. The van der Waals surface area contributed by atoms with Crippen LogP contribution in [-0.4, -0.2) is 57.9 Å². The Hall–Kier alpha value is -3.35. The molecular formula is C20H19ClN6O3. The van der Waals surface area contributed by atoms with Gasteiger partial charge in [-0.1, -0.05) is 18.2 Å². The van der Waals surface area contributed by atoms with E-state index in [0.29, 0.717) is 23.5 Å². The smallest absolute Gasteiger partial charge is 0.269 e. The Kier molecular flexibility index (Phi) is 6.72. The minimum Gasteiger partial charge on any atom is -0.366 e. The average molecular weight is 427 g/mol. The van der Waals surface area contributed by atoms with Crippen LogP contribution in [0.2, 0.25) is 5.15 Å². The lowest BCUT2D eigenvalue weighted by Gasteiger charge is -2.37. The number of rotatable bonds is 5. The lowest BCUT2D eigenvalue weighted by molar-refractivity contribution is -0.140. The normalized spacial score (nSPS) is 18.4. The number of ether oxygens (including phenoxy) is 1. The summed E-state index contributed by atoms with van der Waals surface area (Å²) in [6.07, 6.45) is 1.70. The third kappa shape index (κ3) is 4.79. The lowest BCUT2D eigenvalue weighted by atomic mass is 10.0. The zero-order chi connectivity index (χ0) is 21.7. The van der Waals surface area contributed by atoms with Crippen LogP contribution in [-0.2, 0) is 9.53 Å². The van der Waals surface area contributed by atoms with Crippen LogP contribution in [0.15, 0.2) is 37.2 Å². The van der Waals surface area contributed by atoms with E-state index in [-0.39, 0.29) is 35.6 Å². The molecule has 1 saturated heterocycles. The van der Waals surface area contributed by atoms with Gasteiger partial charge in [0, 0.05) is 13.6 Å². The number of hydrogen-bond donors (Lipinski definition) is 1. The summed E-state index contributed by atoms with van der Waals surface area (Å²) in [6, 6.07) is 6.96. The van der Waals surface area contributed by atoms with Crippen molar-refractivity contribution in [2.45, 2.75) is 18.6 Å². The summed E-state index contributed by atoms with van der Waals surface area (Å²) in [4.78, 5) is 38.0. The summed E-state index contributed by atoms with van der Waals surface area (Å²) in [6.45, 7) is 4.11. The molecule has 1 aliphatic heterocycles. The molecule has 0 aliphatic carbocycles. The van der Waals surface area contributed by atoms with Crippen molar-refractivity contribution in [2.24, 2.45) is 0 Å². The molecule has 1 N–H and O–H groups in total. The van der Waals surface area contributed by atoms with Gasteiger partial charge in [-0.3, -0.25) is 9.59 Å². The maximum Gasteiger partial charge on any atom is 0.269 e. The first-order chi connectivity index (χ1) is 14.4. The molecule has 2 amide bonds. The van der Waals surface area contributed by atoms with Gasteiger partial charge >= 0.3 is 0 Å². The molecule has 0 spiro atoms. The van der Waals surface area contributed by atoms with Crippen molar-refractivity contribution in [3.63, 3.8) is 0 Å². The van der Waals surface area contributed by atoms with Crippen molar-refractivity contribution in [1.29, 1.82) is 5.26 Å². The first kappa shape index (κ1) is 21.4. The number of carbonyl (C=O) groups is 2. The van der Waals surface area contributed by atoms with Crippen molar-refractivity contribution in [3.05, 3.63) is 53.6 Å². The van der Waals surface area contributed by atoms with E-state index in [0.717, 1.165) is 0 Å². The van der Waals surface area contributed by atoms with Crippen LogP contribution < -0.4 is 5.32 Å². The van der Waals surface area contributed by atoms with Crippen LogP contribution in [0.5, 0.6) is 0 Å². The Morgan fingerprint density at radius 1 is 1.37 bits per heavy atom. The molecule has 154 valence electrons. The van der Waals surface area contributed by atoms with Gasteiger partial charge in [-0.2, -0.15) is 5.26 Å². The molecule has 0 bridgehead atoms. The van der Waals surface area contributed by atoms with E-state index in [4.69, 9.17) is 21.6 Å². The molecule has 2 aromatic rings. The van der Waals surface area contributed by atoms with Crippen LogP contribution in [0.4, 0.5) is 0 Å². The molecular weight excluding hydrogens is 408 g/mol. The average Bonchev–Trinajstić information content (AvgIpc) is 2.77. The van der Waals surface area contributed by atoms with Crippen molar-refractivity contribution in [1.82, 2.24) is 25.2 Å². The maximum absolute atomic E-state index is 12.2. The van der Waals surface area contributed by atoms with Crippen molar-refractivity contribution >= 4 is 23.4 Å². The second-order valence-electron chi connectivity index (χ2n) is 6.53. The zero-order valence-electron chi connectivity index (χ0n) is 16.2. The highest BCUT2D eigenvalue weighted by Crippen LogP contribution is 2.30. The van der Waals surface area contributed by atoms with Crippen LogP contribution in [0.25, 0.3) is 11.4 Å². The number of carbonyl (C=O) groups excluding carboxylic acids is 2. The first-order valence-electron chi connectivity index (χ1n) is 9.11. The fourth-order valence-electron chi connectivity index (χ4n) is 3.13. The van der Waals surface area contributed by atoms with E-state index >= 15 is 0 Å². The fourth-order valence-corrected chi connectivity index (χ4v) is 3.35. The van der Waals surface area contributed by atoms with Gasteiger partial charge in [0.2, 0.25) is 5.91 Å². The van der Waals surface area contributed by atoms with Gasteiger partial charge < -0.3 is 15.0 Å². The predicted molar refractivity (Wildman–Crippen MR) is 108 cm³/mol. The van der Waals surface area contributed by atoms with Gasteiger partial charge in [0.1, 0.15) is 23.3 Å². The van der Waals surface area contributed by atoms with E-state index in [1.807, 2.05) is 0 Å². The highest BCUT2D eigenvalue weighted by atomic mass is 35.5. The van der Waals surface area contributed by atoms with E-state index in [9.17, 15) is 9.59 Å². The predicted octanol–water partition coefficient (Wildman–Crippen LogP) is 1.92. The summed E-state index contributed by atoms with van der Waals surface area (Å²) in [5, 5.41) is 11.8. The lowest BCUT2D eigenvalue weighted by Crippen LogP contribution is -2.46. The molecule has 0 radical (unpaired) electrons. The summed E-state index contributed by atoms with van der Waals surface area (Å²) >= 11 is 6.23. The van der Waals surface area contributed by atoms with Crippen molar-refractivity contribution < 1.29 is 14.3 Å². The SMILES string of the molecule is C=CC(=O)N1C[C@H](CC#N)O[C@@H](c2cc(Cl)nc(-c3cc(C(=O)NC)ncn3)c2)C1. The van der Waals surface area contributed by atoms with Gasteiger partial charge in [0.05, 0.1) is 36.5 Å². The van der Waals surface area contributed by atoms with Gasteiger partial charge in [-0.15, -0.1) is 0 Å². The molecule has 10 heteroatoms. The Balaban J connectivity index is 1.96. The van der Waals surface area contributed by atoms with E-state index in [2.05, 4.69) is 32.9 Å². The standard InChI is InChI=1S/C20H19ClN6O3/c1-3-19(28)27-9-13(4-5-22)30-17(10-27)12-6-15(26-18(21)7-12)14-8-16(20(29)23-2)25-11-24-14/h3,6-8,11,13,17H,1,4,9-10H2,2H3,(H,23,29)/t13-,17+/m0/s1. The van der Waals surface area contributed by atoms with Crippen LogP contribution in [0, 0.1) is 11.3 Å². The molecule has 2 aromatic heterocycles. The fraction of sp³-hybridized carbons (Fsp3) is 0.300. The van der Waals surface area contributed by atoms with Crippen molar-refractivity contribution in [3.8, 4) is 17.5 Å². The number of morpholine rings is 1. The number of aromatic nitrogens is 3. The second-order valence-corrected chi connectivity index (χ2v) is 6.92. The van der Waals surface area contributed by atoms with Gasteiger partial charge in [0.15, 0.2) is 0 Å². The third-order valence-corrected chi connectivity index (χ3v) is 4.74. The van der Waals surface area contributed by atoms with Crippen LogP contribution >= 0.6 is 11.6 Å². The van der Waals surface area contributed by atoms with Gasteiger partial charge in [0.25, 0.3) is 5.91 Å². The van der Waals surface area contributed by atoms with Crippen molar-refractivity contribution in [2.75, 3.05) is 20.1 Å². The zero-order valence-corrected chi connectivity index (χ0v) is 17.0. The van der Waals surface area contributed by atoms with E-state index in [1.54, 1.807) is 17.0 Å². The number of halogens is 1. The summed E-state index contributed by atoms with van der Waals surface area (Å²) < 4.78 is 6.03. The van der Waals surface area contributed by atoms with E-state index < -0.39 is 12.2 Å². The Bertz CT molecular complexity index is 1020. The minimum atomic E-state index is -0.513. The molecule has 0 unspecified atom stereocenters. The Labute approximate surface area is 178 Å². The van der Waals surface area contributed by atoms with Gasteiger partial charge in [-0.25, -0.2) is 15.0 Å². The Morgan fingerprint density at radius 2 is 2.17 bits per heavy atom. The quantitative estimate of drug-likeness (QED) is 0.572. The molecule has 3 rings (SSSR count). The van der Waals surface area contributed by atoms with E-state index in [1.165, 1.54) is 25.5 Å². The topological polar surface area (TPSA) is 121 Å². The third-order valence-electron chi connectivity index (χ3n) is 4.55. The summed E-state index contributed by atoms with van der Waals surface area (Å²) in [5.74, 6) is -0.591. The van der Waals surface area contributed by atoms with Crippen LogP contribution in [0.3, 0.4) is 0 Å². The largest absolute Gasteiger partial charge is 0.366 e. The first-order valence-corrected chi connectivity index (χ1v) is 9.48. The minimum absolute atomic E-state index is 0.143.